The Hall–Kier alpha value is -1.39. The molecule has 32 heavy (non-hydrogen) atoms. The summed E-state index contributed by atoms with van der Waals surface area (Å²) in [5.41, 5.74) is 2.61. The summed E-state index contributed by atoms with van der Waals surface area (Å²) in [5, 5.41) is 6.88. The van der Waals surface area contributed by atoms with Gasteiger partial charge in [-0.05, 0) is 24.1 Å². The first kappa shape index (κ1) is 26.9. The number of aliphatic imine (C=N–C) groups is 1. The Bertz CT molecular complexity index is 731. The summed E-state index contributed by atoms with van der Waals surface area (Å²) in [6.45, 7) is 15.3. The molecule has 1 aromatic rings. The van der Waals surface area contributed by atoms with E-state index in [4.69, 9.17) is 0 Å². The number of rotatable bonds is 7. The zero-order valence-corrected chi connectivity index (χ0v) is 22.5. The predicted molar refractivity (Wildman–Crippen MR) is 142 cm³/mol. The van der Waals surface area contributed by atoms with Crippen molar-refractivity contribution in [3.63, 3.8) is 0 Å². The summed E-state index contributed by atoms with van der Waals surface area (Å²) in [5.74, 6) is 1.08. The molecule has 1 unspecified atom stereocenters. The van der Waals surface area contributed by atoms with Crippen molar-refractivity contribution in [3.8, 4) is 0 Å². The third-order valence-electron chi connectivity index (χ3n) is 6.36. The SMILES string of the molecule is CCN1CCN(Cc2ccc(CNC(=NC)NC3CCN(C(=O)C(C)C)C3)cc2)CC1.I. The lowest BCUT2D eigenvalue weighted by Gasteiger charge is -2.34. The molecule has 2 aliphatic heterocycles. The standard InChI is InChI=1S/C24H40N6O.HI/c1-5-28-12-14-29(15-13-28)17-21-8-6-20(7-9-21)16-26-24(25-4)27-22-10-11-30(18-22)23(31)19(2)3;/h6-9,19,22H,5,10-18H2,1-4H3,(H2,25,26,27);1H. The summed E-state index contributed by atoms with van der Waals surface area (Å²) >= 11 is 0. The fraction of sp³-hybridized carbons (Fsp3) is 0.667. The molecule has 2 fully saturated rings. The van der Waals surface area contributed by atoms with E-state index in [9.17, 15) is 4.79 Å². The first-order chi connectivity index (χ1) is 15.0. The van der Waals surface area contributed by atoms with Gasteiger partial charge in [-0.3, -0.25) is 14.7 Å². The van der Waals surface area contributed by atoms with E-state index in [2.05, 4.69) is 56.6 Å². The highest BCUT2D eigenvalue weighted by atomic mass is 127. The van der Waals surface area contributed by atoms with Crippen LogP contribution in [0.2, 0.25) is 0 Å². The topological polar surface area (TPSA) is 63.2 Å². The van der Waals surface area contributed by atoms with Crippen molar-refractivity contribution in [2.24, 2.45) is 10.9 Å². The molecule has 1 amide bonds. The van der Waals surface area contributed by atoms with Crippen molar-refractivity contribution in [3.05, 3.63) is 35.4 Å². The number of benzene rings is 1. The first-order valence-electron chi connectivity index (χ1n) is 11.8. The number of carbonyl (C=O) groups excluding carboxylic acids is 1. The Morgan fingerprint density at radius 2 is 1.69 bits per heavy atom. The highest BCUT2D eigenvalue weighted by molar-refractivity contribution is 14.0. The van der Waals surface area contributed by atoms with Crippen LogP contribution in [0.15, 0.2) is 29.3 Å². The second kappa shape index (κ2) is 13.3. The zero-order chi connectivity index (χ0) is 22.2. The number of hydrogen-bond donors (Lipinski definition) is 2. The second-order valence-corrected chi connectivity index (χ2v) is 9.02. The van der Waals surface area contributed by atoms with Crippen LogP contribution >= 0.6 is 24.0 Å². The van der Waals surface area contributed by atoms with Crippen molar-refractivity contribution >= 4 is 35.8 Å². The molecule has 1 atom stereocenters. The number of nitrogens with zero attached hydrogens (tertiary/aromatic N) is 4. The van der Waals surface area contributed by atoms with Crippen molar-refractivity contribution in [2.75, 3.05) is 52.9 Å². The number of hydrogen-bond acceptors (Lipinski definition) is 4. The van der Waals surface area contributed by atoms with E-state index in [1.54, 1.807) is 7.05 Å². The third-order valence-corrected chi connectivity index (χ3v) is 6.36. The number of amides is 1. The van der Waals surface area contributed by atoms with Gasteiger partial charge in [0, 0.05) is 71.4 Å². The molecule has 2 heterocycles. The maximum Gasteiger partial charge on any atom is 0.225 e. The first-order valence-corrected chi connectivity index (χ1v) is 11.8. The smallest absolute Gasteiger partial charge is 0.225 e. The van der Waals surface area contributed by atoms with Gasteiger partial charge >= 0.3 is 0 Å². The summed E-state index contributed by atoms with van der Waals surface area (Å²) in [6, 6.07) is 9.15. The quantitative estimate of drug-likeness (QED) is 0.307. The van der Waals surface area contributed by atoms with Crippen molar-refractivity contribution in [2.45, 2.75) is 46.3 Å². The van der Waals surface area contributed by atoms with Crippen LogP contribution < -0.4 is 10.6 Å². The molecule has 2 saturated heterocycles. The van der Waals surface area contributed by atoms with Crippen LogP contribution in [0.5, 0.6) is 0 Å². The van der Waals surface area contributed by atoms with Gasteiger partial charge in [0.25, 0.3) is 0 Å². The molecule has 180 valence electrons. The Labute approximate surface area is 211 Å². The molecule has 0 saturated carbocycles. The summed E-state index contributed by atoms with van der Waals surface area (Å²) < 4.78 is 0. The van der Waals surface area contributed by atoms with E-state index in [0.29, 0.717) is 0 Å². The number of likely N-dealkylation sites (tertiary alicyclic amines) is 1. The van der Waals surface area contributed by atoms with Gasteiger partial charge in [-0.25, -0.2) is 0 Å². The van der Waals surface area contributed by atoms with Gasteiger partial charge in [0.05, 0.1) is 0 Å². The Morgan fingerprint density at radius 1 is 1.06 bits per heavy atom. The van der Waals surface area contributed by atoms with E-state index < -0.39 is 0 Å². The lowest BCUT2D eigenvalue weighted by Crippen LogP contribution is -2.45. The number of carbonyl (C=O) groups is 1. The Morgan fingerprint density at radius 3 is 2.28 bits per heavy atom. The molecular weight excluding hydrogens is 515 g/mol. The molecule has 8 heteroatoms. The van der Waals surface area contributed by atoms with Gasteiger partial charge in [-0.2, -0.15) is 0 Å². The van der Waals surface area contributed by atoms with Gasteiger partial charge in [-0.1, -0.05) is 45.0 Å². The normalized spacial score (nSPS) is 20.3. The lowest BCUT2D eigenvalue weighted by atomic mass is 10.1. The summed E-state index contributed by atoms with van der Waals surface area (Å²) in [4.78, 5) is 23.6. The van der Waals surface area contributed by atoms with Crippen LogP contribution in [0.1, 0.15) is 38.3 Å². The van der Waals surface area contributed by atoms with E-state index in [-0.39, 0.29) is 41.8 Å². The molecule has 3 rings (SSSR count). The van der Waals surface area contributed by atoms with Crippen LogP contribution in [0, 0.1) is 5.92 Å². The van der Waals surface area contributed by atoms with Gasteiger partial charge in [-0.15, -0.1) is 24.0 Å². The molecular formula is C24H41IN6O. The number of halogens is 1. The third kappa shape index (κ3) is 7.88. The minimum absolute atomic E-state index is 0. The molecule has 0 radical (unpaired) electrons. The minimum Gasteiger partial charge on any atom is -0.352 e. The van der Waals surface area contributed by atoms with Gasteiger partial charge < -0.3 is 20.4 Å². The van der Waals surface area contributed by atoms with Crippen LogP contribution in [-0.4, -0.2) is 85.5 Å². The van der Waals surface area contributed by atoms with Crippen molar-refractivity contribution < 1.29 is 4.79 Å². The van der Waals surface area contributed by atoms with E-state index >= 15 is 0 Å². The number of nitrogens with one attached hydrogen (secondary N) is 2. The summed E-state index contributed by atoms with van der Waals surface area (Å²) in [7, 11) is 1.79. The maximum atomic E-state index is 12.2. The number of piperazine rings is 1. The number of guanidine groups is 1. The fourth-order valence-corrected chi connectivity index (χ4v) is 4.30. The summed E-state index contributed by atoms with van der Waals surface area (Å²) in [6.07, 6.45) is 0.959. The van der Waals surface area contributed by atoms with Gasteiger partial charge in [0.15, 0.2) is 5.96 Å². The average Bonchev–Trinajstić information content (AvgIpc) is 3.26. The monoisotopic (exact) mass is 556 g/mol. The molecule has 7 nitrogen and oxygen atoms in total. The largest absolute Gasteiger partial charge is 0.352 e. The highest BCUT2D eigenvalue weighted by Crippen LogP contribution is 2.13. The highest BCUT2D eigenvalue weighted by Gasteiger charge is 2.27. The molecule has 2 aliphatic rings. The zero-order valence-electron chi connectivity index (χ0n) is 20.1. The molecule has 2 N–H and O–H groups in total. The molecule has 0 bridgehead atoms. The van der Waals surface area contributed by atoms with Crippen LogP contribution in [0.3, 0.4) is 0 Å². The Balaban J connectivity index is 0.00000363. The molecule has 0 aliphatic carbocycles. The van der Waals surface area contributed by atoms with Crippen molar-refractivity contribution in [1.29, 1.82) is 0 Å². The van der Waals surface area contributed by atoms with Gasteiger partial charge in [0.1, 0.15) is 0 Å². The second-order valence-electron chi connectivity index (χ2n) is 9.02. The van der Waals surface area contributed by atoms with Crippen LogP contribution in [-0.2, 0) is 17.9 Å². The predicted octanol–water partition coefficient (Wildman–Crippen LogP) is 2.36. The average molecular weight is 557 g/mol. The molecule has 0 spiro atoms. The Kier molecular flexibility index (Phi) is 11.2. The van der Waals surface area contributed by atoms with E-state index in [1.165, 1.54) is 24.2 Å². The van der Waals surface area contributed by atoms with Crippen molar-refractivity contribution in [1.82, 2.24) is 25.3 Å². The van der Waals surface area contributed by atoms with Crippen LogP contribution in [0.4, 0.5) is 0 Å². The van der Waals surface area contributed by atoms with E-state index in [1.807, 2.05) is 18.7 Å². The fourth-order valence-electron chi connectivity index (χ4n) is 4.30. The van der Waals surface area contributed by atoms with Gasteiger partial charge in [0.2, 0.25) is 5.91 Å². The van der Waals surface area contributed by atoms with Crippen LogP contribution in [0.25, 0.3) is 0 Å². The number of likely N-dealkylation sites (N-methyl/N-ethyl adjacent to an activating group) is 1. The minimum atomic E-state index is 0. The van der Waals surface area contributed by atoms with E-state index in [0.717, 1.165) is 58.2 Å². The lowest BCUT2D eigenvalue weighted by molar-refractivity contribution is -0.133. The molecule has 1 aromatic carbocycles. The maximum absolute atomic E-state index is 12.2. The molecule has 0 aromatic heterocycles.